The molecule has 5 heteroatoms. The standard InChI is InChI=1S/C14H28N2O2.ClH/c1-2-18-12-13-8-10-16(11-13)14(17)7-5-3-4-6-9-15;/h13H,2-12,15H2,1H3;1H. The van der Waals surface area contributed by atoms with Gasteiger partial charge in [-0.2, -0.15) is 0 Å². The summed E-state index contributed by atoms with van der Waals surface area (Å²) < 4.78 is 5.42. The number of nitrogens with two attached hydrogens (primary N) is 1. The van der Waals surface area contributed by atoms with Crippen molar-refractivity contribution in [2.45, 2.75) is 45.4 Å². The number of rotatable bonds is 9. The summed E-state index contributed by atoms with van der Waals surface area (Å²) in [4.78, 5) is 14.0. The molecule has 0 aromatic carbocycles. The van der Waals surface area contributed by atoms with E-state index in [4.69, 9.17) is 10.5 Å². The Hall–Kier alpha value is -0.320. The van der Waals surface area contributed by atoms with E-state index in [0.717, 1.165) is 65.0 Å². The molecule has 0 aromatic heterocycles. The van der Waals surface area contributed by atoms with Gasteiger partial charge in [-0.25, -0.2) is 0 Å². The minimum atomic E-state index is 0. The Morgan fingerprint density at radius 3 is 2.74 bits per heavy atom. The van der Waals surface area contributed by atoms with E-state index in [-0.39, 0.29) is 12.4 Å². The molecule has 1 aliphatic heterocycles. The lowest BCUT2D eigenvalue weighted by Crippen LogP contribution is -2.29. The summed E-state index contributed by atoms with van der Waals surface area (Å²) in [6, 6.07) is 0. The first-order valence-corrected chi connectivity index (χ1v) is 7.33. The lowest BCUT2D eigenvalue weighted by molar-refractivity contribution is -0.130. The normalized spacial score (nSPS) is 18.4. The van der Waals surface area contributed by atoms with Crippen molar-refractivity contribution in [3.8, 4) is 0 Å². The minimum Gasteiger partial charge on any atom is -0.381 e. The lowest BCUT2D eigenvalue weighted by atomic mass is 10.1. The second kappa shape index (κ2) is 11.5. The van der Waals surface area contributed by atoms with Gasteiger partial charge in [-0.15, -0.1) is 12.4 Å². The third kappa shape index (κ3) is 7.75. The first-order chi connectivity index (χ1) is 8.77. The molecule has 0 spiro atoms. The first-order valence-electron chi connectivity index (χ1n) is 7.33. The van der Waals surface area contributed by atoms with Crippen molar-refractivity contribution in [2.75, 3.05) is 32.8 Å². The third-order valence-corrected chi connectivity index (χ3v) is 3.54. The highest BCUT2D eigenvalue weighted by molar-refractivity contribution is 5.85. The number of carbonyl (C=O) groups excluding carboxylic acids is 1. The van der Waals surface area contributed by atoms with Crippen LogP contribution in [0.4, 0.5) is 0 Å². The maximum Gasteiger partial charge on any atom is 0.222 e. The highest BCUT2D eigenvalue weighted by Crippen LogP contribution is 2.18. The highest BCUT2D eigenvalue weighted by atomic mass is 35.5. The fourth-order valence-electron chi connectivity index (χ4n) is 2.41. The van der Waals surface area contributed by atoms with Gasteiger partial charge in [0.1, 0.15) is 0 Å². The van der Waals surface area contributed by atoms with Crippen LogP contribution in [0.2, 0.25) is 0 Å². The van der Waals surface area contributed by atoms with Gasteiger partial charge in [-0.05, 0) is 32.7 Å². The molecule has 1 rings (SSSR count). The summed E-state index contributed by atoms with van der Waals surface area (Å²) in [5, 5.41) is 0. The molecule has 0 aliphatic carbocycles. The predicted octanol–water partition coefficient (Wildman–Crippen LogP) is 2.20. The Kier molecular flexibility index (Phi) is 11.3. The number of hydrogen-bond acceptors (Lipinski definition) is 3. The highest BCUT2D eigenvalue weighted by Gasteiger charge is 2.25. The maximum absolute atomic E-state index is 12.0. The maximum atomic E-state index is 12.0. The molecular formula is C14H29ClN2O2. The van der Waals surface area contributed by atoms with Gasteiger partial charge in [-0.1, -0.05) is 12.8 Å². The zero-order chi connectivity index (χ0) is 13.2. The molecule has 2 N–H and O–H groups in total. The Labute approximate surface area is 123 Å². The summed E-state index contributed by atoms with van der Waals surface area (Å²) in [6.07, 6.45) is 6.15. The molecule has 1 atom stereocenters. The molecule has 1 amide bonds. The van der Waals surface area contributed by atoms with Crippen LogP contribution in [0.25, 0.3) is 0 Å². The molecule has 1 fully saturated rings. The smallest absolute Gasteiger partial charge is 0.222 e. The van der Waals surface area contributed by atoms with Crippen LogP contribution in [-0.2, 0) is 9.53 Å². The Morgan fingerprint density at radius 2 is 2.05 bits per heavy atom. The van der Waals surface area contributed by atoms with Crippen LogP contribution in [0.1, 0.15) is 45.4 Å². The van der Waals surface area contributed by atoms with E-state index in [1.807, 2.05) is 11.8 Å². The SMILES string of the molecule is CCOCC1CCN(C(=O)CCCCCCN)C1.Cl. The van der Waals surface area contributed by atoms with Crippen LogP contribution < -0.4 is 5.73 Å². The number of unbranched alkanes of at least 4 members (excludes halogenated alkanes) is 3. The van der Waals surface area contributed by atoms with Gasteiger partial charge in [0, 0.05) is 32.0 Å². The van der Waals surface area contributed by atoms with Crippen LogP contribution in [0, 0.1) is 5.92 Å². The minimum absolute atomic E-state index is 0. The first kappa shape index (κ1) is 18.7. The average molecular weight is 293 g/mol. The number of carbonyl (C=O) groups is 1. The quantitative estimate of drug-likeness (QED) is 0.663. The van der Waals surface area contributed by atoms with Crippen molar-refractivity contribution >= 4 is 18.3 Å². The fraction of sp³-hybridized carbons (Fsp3) is 0.929. The van der Waals surface area contributed by atoms with E-state index in [1.165, 1.54) is 0 Å². The summed E-state index contributed by atoms with van der Waals surface area (Å²) in [6.45, 7) is 6.15. The summed E-state index contributed by atoms with van der Waals surface area (Å²) in [7, 11) is 0. The zero-order valence-corrected chi connectivity index (χ0v) is 12.9. The van der Waals surface area contributed by atoms with E-state index in [0.29, 0.717) is 18.2 Å². The molecular weight excluding hydrogens is 264 g/mol. The number of amides is 1. The van der Waals surface area contributed by atoms with Crippen molar-refractivity contribution in [1.82, 2.24) is 4.90 Å². The number of likely N-dealkylation sites (tertiary alicyclic amines) is 1. The van der Waals surface area contributed by atoms with E-state index in [2.05, 4.69) is 0 Å². The van der Waals surface area contributed by atoms with Gasteiger partial charge >= 0.3 is 0 Å². The molecule has 1 heterocycles. The lowest BCUT2D eigenvalue weighted by Gasteiger charge is -2.16. The van der Waals surface area contributed by atoms with Gasteiger partial charge in [0.05, 0.1) is 6.61 Å². The van der Waals surface area contributed by atoms with Crippen molar-refractivity contribution in [2.24, 2.45) is 11.7 Å². The zero-order valence-electron chi connectivity index (χ0n) is 12.1. The van der Waals surface area contributed by atoms with Crippen molar-refractivity contribution in [3.05, 3.63) is 0 Å². The van der Waals surface area contributed by atoms with E-state index in [9.17, 15) is 4.79 Å². The monoisotopic (exact) mass is 292 g/mol. The molecule has 0 saturated carbocycles. The van der Waals surface area contributed by atoms with Gasteiger partial charge < -0.3 is 15.4 Å². The van der Waals surface area contributed by atoms with Gasteiger partial charge in [0.25, 0.3) is 0 Å². The molecule has 114 valence electrons. The summed E-state index contributed by atoms with van der Waals surface area (Å²) in [5.74, 6) is 0.868. The summed E-state index contributed by atoms with van der Waals surface area (Å²) >= 11 is 0. The summed E-state index contributed by atoms with van der Waals surface area (Å²) in [5.41, 5.74) is 5.44. The molecule has 19 heavy (non-hydrogen) atoms. The van der Waals surface area contributed by atoms with Gasteiger partial charge in [0.15, 0.2) is 0 Å². The van der Waals surface area contributed by atoms with Crippen LogP contribution in [0.5, 0.6) is 0 Å². The third-order valence-electron chi connectivity index (χ3n) is 3.54. The van der Waals surface area contributed by atoms with Gasteiger partial charge in [-0.3, -0.25) is 4.79 Å². The molecule has 0 bridgehead atoms. The van der Waals surface area contributed by atoms with E-state index < -0.39 is 0 Å². The second-order valence-electron chi connectivity index (χ2n) is 5.11. The number of halogens is 1. The van der Waals surface area contributed by atoms with Gasteiger partial charge in [0.2, 0.25) is 5.91 Å². The number of ether oxygens (including phenoxy) is 1. The second-order valence-corrected chi connectivity index (χ2v) is 5.11. The topological polar surface area (TPSA) is 55.6 Å². The number of nitrogens with zero attached hydrogens (tertiary/aromatic N) is 1. The molecule has 4 nitrogen and oxygen atoms in total. The average Bonchev–Trinajstić information content (AvgIpc) is 2.84. The Balaban J connectivity index is 0.00000324. The van der Waals surface area contributed by atoms with Crippen LogP contribution in [0.15, 0.2) is 0 Å². The van der Waals surface area contributed by atoms with Crippen molar-refractivity contribution < 1.29 is 9.53 Å². The number of hydrogen-bond donors (Lipinski definition) is 1. The molecule has 0 radical (unpaired) electrons. The van der Waals surface area contributed by atoms with Crippen molar-refractivity contribution in [3.63, 3.8) is 0 Å². The molecule has 1 aliphatic rings. The molecule has 1 unspecified atom stereocenters. The van der Waals surface area contributed by atoms with Crippen LogP contribution in [-0.4, -0.2) is 43.7 Å². The van der Waals surface area contributed by atoms with Crippen molar-refractivity contribution in [1.29, 1.82) is 0 Å². The van der Waals surface area contributed by atoms with Crippen LogP contribution >= 0.6 is 12.4 Å². The fourth-order valence-corrected chi connectivity index (χ4v) is 2.41. The Morgan fingerprint density at radius 1 is 1.32 bits per heavy atom. The largest absolute Gasteiger partial charge is 0.381 e. The van der Waals surface area contributed by atoms with E-state index in [1.54, 1.807) is 0 Å². The van der Waals surface area contributed by atoms with Crippen LogP contribution in [0.3, 0.4) is 0 Å². The molecule has 1 saturated heterocycles. The Bertz CT molecular complexity index is 239. The van der Waals surface area contributed by atoms with E-state index >= 15 is 0 Å². The molecule has 0 aromatic rings. The predicted molar refractivity (Wildman–Crippen MR) is 80.6 cm³/mol.